The molecular weight excluding hydrogens is 294 g/mol. The van der Waals surface area contributed by atoms with E-state index in [9.17, 15) is 9.59 Å². The number of hydrogen-bond acceptors (Lipinski definition) is 6. The first-order valence-electron chi connectivity index (χ1n) is 6.77. The molecule has 21 heavy (non-hydrogen) atoms. The smallest absolute Gasteiger partial charge is 0.329 e. The zero-order valence-corrected chi connectivity index (χ0v) is 12.0. The van der Waals surface area contributed by atoms with E-state index in [1.165, 1.54) is 17.6 Å². The molecule has 0 bridgehead atoms. The summed E-state index contributed by atoms with van der Waals surface area (Å²) < 4.78 is 11.0. The third-order valence-electron chi connectivity index (χ3n) is 3.86. The average Bonchev–Trinajstić information content (AvgIpc) is 2.99. The van der Waals surface area contributed by atoms with Crippen LogP contribution in [-0.4, -0.2) is 40.7 Å². The number of ketones is 1. The second kappa shape index (κ2) is 5.95. The molecule has 0 aromatic carbocycles. The fourth-order valence-corrected chi connectivity index (χ4v) is 3.38. The molecule has 2 aliphatic rings. The molecule has 0 amide bonds. The van der Waals surface area contributed by atoms with Crippen LogP contribution in [0.1, 0.15) is 25.0 Å². The Morgan fingerprint density at radius 2 is 2.38 bits per heavy atom. The molecule has 1 fully saturated rings. The summed E-state index contributed by atoms with van der Waals surface area (Å²) in [6, 6.07) is 0. The molecule has 0 spiro atoms. The maximum Gasteiger partial charge on any atom is 0.329 e. The van der Waals surface area contributed by atoms with E-state index in [0.717, 1.165) is 0 Å². The predicted molar refractivity (Wildman–Crippen MR) is 74.7 cm³/mol. The van der Waals surface area contributed by atoms with E-state index >= 15 is 0 Å². The maximum atomic E-state index is 12.5. The average molecular weight is 309 g/mol. The summed E-state index contributed by atoms with van der Waals surface area (Å²) in [5, 5.41) is 10.5. The number of hydrogen-bond donors (Lipinski definition) is 1. The molecule has 6 nitrogen and oxygen atoms in total. The molecule has 1 aliphatic carbocycles. The molecule has 1 aliphatic heterocycles. The number of carboxylic acids is 1. The maximum absolute atomic E-state index is 12.5. The molecule has 3 atom stereocenters. The fraction of sp³-hybridized carbons (Fsp3) is 0.500. The number of Topliss-reactive ketones (excluding diaryl/α,β-unsaturated/α-hetero) is 1. The second-order valence-corrected chi connectivity index (χ2v) is 5.91. The van der Waals surface area contributed by atoms with Crippen LogP contribution in [-0.2, 0) is 19.1 Å². The minimum atomic E-state index is -0.983. The summed E-state index contributed by atoms with van der Waals surface area (Å²) in [5.41, 5.74) is 2.88. The predicted octanol–water partition coefficient (Wildman–Crippen LogP) is 1.72. The van der Waals surface area contributed by atoms with Gasteiger partial charge in [-0.15, -0.1) is 11.3 Å². The van der Waals surface area contributed by atoms with Crippen molar-refractivity contribution in [1.29, 1.82) is 0 Å². The number of rotatable bonds is 4. The van der Waals surface area contributed by atoms with E-state index in [1.54, 1.807) is 5.51 Å². The van der Waals surface area contributed by atoms with Gasteiger partial charge in [-0.25, -0.2) is 9.78 Å². The first-order valence-corrected chi connectivity index (χ1v) is 7.71. The Labute approximate surface area is 125 Å². The molecule has 0 saturated heterocycles. The molecule has 3 unspecified atom stereocenters. The van der Waals surface area contributed by atoms with E-state index in [0.29, 0.717) is 30.5 Å². The van der Waals surface area contributed by atoms with Crippen LogP contribution >= 0.6 is 11.3 Å². The Kier molecular flexibility index (Phi) is 4.03. The Morgan fingerprint density at radius 3 is 3.10 bits per heavy atom. The fourth-order valence-electron chi connectivity index (χ4n) is 2.83. The van der Waals surface area contributed by atoms with Crippen molar-refractivity contribution in [3.63, 3.8) is 0 Å². The van der Waals surface area contributed by atoms with Crippen LogP contribution in [0.4, 0.5) is 0 Å². The van der Waals surface area contributed by atoms with Crippen LogP contribution in [0.15, 0.2) is 17.2 Å². The lowest BCUT2D eigenvalue weighted by atomic mass is 9.78. The van der Waals surface area contributed by atoms with Crippen LogP contribution in [0, 0.1) is 5.92 Å². The van der Waals surface area contributed by atoms with Crippen molar-refractivity contribution >= 4 is 28.7 Å². The molecular formula is C14H15NO5S. The number of thiazole rings is 1. The lowest BCUT2D eigenvalue weighted by molar-refractivity contribution is -0.148. The number of allylic oxidation sites excluding steroid dienone is 1. The number of nitrogens with zero attached hydrogens (tertiary/aromatic N) is 1. The first-order chi connectivity index (χ1) is 10.1. The number of aromatic nitrogens is 1. The van der Waals surface area contributed by atoms with Gasteiger partial charge in [-0.2, -0.15) is 0 Å². The highest BCUT2D eigenvalue weighted by Crippen LogP contribution is 2.36. The monoisotopic (exact) mass is 309 g/mol. The molecule has 1 aromatic rings. The Morgan fingerprint density at radius 1 is 1.52 bits per heavy atom. The summed E-state index contributed by atoms with van der Waals surface area (Å²) in [6.07, 6.45) is 2.96. The highest BCUT2D eigenvalue weighted by Gasteiger charge is 2.41. The van der Waals surface area contributed by atoms with Gasteiger partial charge in [0.15, 0.2) is 5.78 Å². The topological polar surface area (TPSA) is 85.7 Å². The zero-order valence-electron chi connectivity index (χ0n) is 11.2. The van der Waals surface area contributed by atoms with Gasteiger partial charge in [0, 0.05) is 11.8 Å². The molecule has 1 aromatic heterocycles. The lowest BCUT2D eigenvalue weighted by Gasteiger charge is -2.37. The summed E-state index contributed by atoms with van der Waals surface area (Å²) in [6.45, 7) is -0.310. The first kappa shape index (κ1) is 14.2. The molecule has 1 saturated carbocycles. The van der Waals surface area contributed by atoms with Crippen LogP contribution < -0.4 is 0 Å². The Balaban J connectivity index is 1.67. The summed E-state index contributed by atoms with van der Waals surface area (Å²) in [4.78, 5) is 27.2. The molecule has 1 N–H and O–H groups in total. The number of fused-ring (bicyclic) bond motifs is 1. The van der Waals surface area contributed by atoms with E-state index < -0.39 is 5.97 Å². The third kappa shape index (κ3) is 2.98. The van der Waals surface area contributed by atoms with Crippen LogP contribution in [0.3, 0.4) is 0 Å². The number of carboxylic acid groups (broad SMARTS) is 1. The molecule has 3 rings (SSSR count). The van der Waals surface area contributed by atoms with Crippen LogP contribution in [0.25, 0.3) is 5.57 Å². The second-order valence-electron chi connectivity index (χ2n) is 5.19. The van der Waals surface area contributed by atoms with E-state index in [4.69, 9.17) is 14.6 Å². The van der Waals surface area contributed by atoms with Gasteiger partial charge in [-0.1, -0.05) is 0 Å². The standard InChI is InChI=1S/C14H15NO5S/c16-13(17)5-19-8-1-2-9-12(3-8)20-4-10(14(9)18)11-6-21-7-15-11/h4,6-9,12H,1-3,5H2,(H,16,17). The zero-order chi connectivity index (χ0) is 14.8. The van der Waals surface area contributed by atoms with Crippen molar-refractivity contribution in [3.8, 4) is 0 Å². The Hall–Kier alpha value is -1.73. The van der Waals surface area contributed by atoms with Gasteiger partial charge in [0.05, 0.1) is 35.1 Å². The third-order valence-corrected chi connectivity index (χ3v) is 4.44. The normalized spacial score (nSPS) is 28.5. The molecule has 0 radical (unpaired) electrons. The summed E-state index contributed by atoms with van der Waals surface area (Å²) in [7, 11) is 0. The summed E-state index contributed by atoms with van der Waals surface area (Å²) in [5.74, 6) is -1.10. The van der Waals surface area contributed by atoms with Crippen molar-refractivity contribution in [3.05, 3.63) is 22.8 Å². The minimum Gasteiger partial charge on any atom is -0.496 e. The van der Waals surface area contributed by atoms with Crippen molar-refractivity contribution in [2.45, 2.75) is 31.5 Å². The molecule has 112 valence electrons. The van der Waals surface area contributed by atoms with Gasteiger partial charge in [0.2, 0.25) is 0 Å². The van der Waals surface area contributed by atoms with Crippen molar-refractivity contribution in [2.75, 3.05) is 6.61 Å². The van der Waals surface area contributed by atoms with Gasteiger partial charge in [0.25, 0.3) is 0 Å². The van der Waals surface area contributed by atoms with Gasteiger partial charge < -0.3 is 14.6 Å². The number of aliphatic carboxylic acids is 1. The SMILES string of the molecule is O=C(O)COC1CCC2C(=O)C(c3cscn3)=COC2C1. The van der Waals surface area contributed by atoms with Crippen LogP contribution in [0.5, 0.6) is 0 Å². The van der Waals surface area contributed by atoms with E-state index in [1.807, 2.05) is 5.38 Å². The van der Waals surface area contributed by atoms with Gasteiger partial charge in [0.1, 0.15) is 12.7 Å². The van der Waals surface area contributed by atoms with Crippen molar-refractivity contribution in [2.24, 2.45) is 5.92 Å². The molecule has 2 heterocycles. The number of carbonyl (C=O) groups excluding carboxylic acids is 1. The highest BCUT2D eigenvalue weighted by atomic mass is 32.1. The van der Waals surface area contributed by atoms with E-state index in [2.05, 4.69) is 4.98 Å². The number of ether oxygens (including phenoxy) is 2. The molecule has 7 heteroatoms. The quantitative estimate of drug-likeness (QED) is 0.911. The van der Waals surface area contributed by atoms with Gasteiger partial charge in [-0.3, -0.25) is 4.79 Å². The Bertz CT molecular complexity index is 568. The van der Waals surface area contributed by atoms with Crippen LogP contribution in [0.2, 0.25) is 0 Å². The van der Waals surface area contributed by atoms with E-state index in [-0.39, 0.29) is 30.5 Å². The largest absolute Gasteiger partial charge is 0.496 e. The lowest BCUT2D eigenvalue weighted by Crippen LogP contribution is -2.41. The van der Waals surface area contributed by atoms with Crippen molar-refractivity contribution in [1.82, 2.24) is 4.98 Å². The van der Waals surface area contributed by atoms with Gasteiger partial charge >= 0.3 is 5.97 Å². The minimum absolute atomic E-state index is 0.0637. The van der Waals surface area contributed by atoms with Crippen molar-refractivity contribution < 1.29 is 24.2 Å². The summed E-state index contributed by atoms with van der Waals surface area (Å²) >= 11 is 1.44. The van der Waals surface area contributed by atoms with Gasteiger partial charge in [-0.05, 0) is 12.8 Å². The highest BCUT2D eigenvalue weighted by molar-refractivity contribution is 7.07. The number of carbonyl (C=O) groups is 2.